The third kappa shape index (κ3) is 9.69. The van der Waals surface area contributed by atoms with Crippen LogP contribution in [0.15, 0.2) is 95.7 Å². The summed E-state index contributed by atoms with van der Waals surface area (Å²) in [6.45, 7) is 28.5. The van der Waals surface area contributed by atoms with Gasteiger partial charge in [-0.25, -0.2) is 0 Å². The Labute approximate surface area is 280 Å². The van der Waals surface area contributed by atoms with E-state index in [0.717, 1.165) is 73.8 Å². The molecule has 0 fully saturated rings. The highest BCUT2D eigenvalue weighted by Crippen LogP contribution is 2.39. The van der Waals surface area contributed by atoms with E-state index in [4.69, 9.17) is 22.4 Å². The van der Waals surface area contributed by atoms with E-state index in [2.05, 4.69) is 86.4 Å². The summed E-state index contributed by atoms with van der Waals surface area (Å²) < 4.78 is 34.6. The number of benzene rings is 1. The van der Waals surface area contributed by atoms with Crippen LogP contribution in [0.4, 0.5) is 0 Å². The van der Waals surface area contributed by atoms with Crippen molar-refractivity contribution in [3.63, 3.8) is 0 Å². The highest BCUT2D eigenvalue weighted by atomic mass is 28.4. The van der Waals surface area contributed by atoms with Crippen molar-refractivity contribution in [2.24, 2.45) is 17.8 Å². The molecule has 1 aromatic rings. The molecule has 0 aliphatic heterocycles. The standard InChI is InChI=1S/C40H58O5Si/c1-11-12-23-41-36-19-21-37(22-20-36)42-46(43-38-24-33(27(2)3)16-13-30(38)8,44-39-25-34(28(4)5)17-14-31(39)9)45-40-26-35(29(6)7)18-15-32(40)10/h13-15,19-22,33-35,38-40H,2,4,6,11-12,16-18,23-26H2,1,3,5,7-10H3. The summed E-state index contributed by atoms with van der Waals surface area (Å²) in [6.07, 6.45) is 13.6. The summed E-state index contributed by atoms with van der Waals surface area (Å²) in [4.78, 5) is 0. The highest BCUT2D eigenvalue weighted by Gasteiger charge is 2.56. The Balaban J connectivity index is 1.76. The van der Waals surface area contributed by atoms with Gasteiger partial charge in [0.2, 0.25) is 0 Å². The van der Waals surface area contributed by atoms with Crippen molar-refractivity contribution in [1.82, 2.24) is 0 Å². The van der Waals surface area contributed by atoms with E-state index in [-0.39, 0.29) is 18.3 Å². The van der Waals surface area contributed by atoms with Gasteiger partial charge in [0.25, 0.3) is 0 Å². The van der Waals surface area contributed by atoms with Crippen LogP contribution in [0.1, 0.15) is 99.8 Å². The fraction of sp³-hybridized carbons (Fsp3) is 0.550. The minimum absolute atomic E-state index is 0.214. The fourth-order valence-electron chi connectivity index (χ4n) is 6.39. The molecule has 1 aromatic carbocycles. The number of rotatable bonds is 15. The maximum Gasteiger partial charge on any atom is 0.751 e. The third-order valence-corrected chi connectivity index (χ3v) is 12.2. The first-order valence-corrected chi connectivity index (χ1v) is 18.9. The molecule has 6 atom stereocenters. The van der Waals surface area contributed by atoms with Gasteiger partial charge in [-0.2, -0.15) is 0 Å². The van der Waals surface area contributed by atoms with Gasteiger partial charge in [-0.15, -0.1) is 0 Å². The second-order valence-corrected chi connectivity index (χ2v) is 15.9. The van der Waals surface area contributed by atoms with Gasteiger partial charge < -0.3 is 22.4 Å². The fourth-order valence-corrected chi connectivity index (χ4v) is 9.02. The second kappa shape index (κ2) is 16.5. The number of ether oxygens (including phenoxy) is 1. The Morgan fingerprint density at radius 1 is 0.652 bits per heavy atom. The lowest BCUT2D eigenvalue weighted by Gasteiger charge is -2.41. The van der Waals surface area contributed by atoms with Crippen LogP contribution in [0.5, 0.6) is 11.5 Å². The zero-order valence-corrected chi connectivity index (χ0v) is 30.5. The second-order valence-electron chi connectivity index (χ2n) is 14.0. The Hall–Kier alpha value is -2.64. The maximum absolute atomic E-state index is 7.21. The first kappa shape index (κ1) is 36.2. The molecule has 0 saturated heterocycles. The number of unbranched alkanes of at least 4 members (excludes halogenated alkanes) is 1. The molecule has 5 nitrogen and oxygen atoms in total. The van der Waals surface area contributed by atoms with Crippen LogP contribution in [0.25, 0.3) is 0 Å². The van der Waals surface area contributed by atoms with Crippen LogP contribution >= 0.6 is 0 Å². The van der Waals surface area contributed by atoms with Crippen LogP contribution < -0.4 is 9.16 Å². The topological polar surface area (TPSA) is 46.2 Å². The van der Waals surface area contributed by atoms with Crippen LogP contribution in [0.2, 0.25) is 0 Å². The zero-order chi connectivity index (χ0) is 33.4. The Bertz CT molecular complexity index is 1200. The minimum atomic E-state index is -3.92. The van der Waals surface area contributed by atoms with Gasteiger partial charge in [0.05, 0.1) is 24.9 Å². The predicted octanol–water partition coefficient (Wildman–Crippen LogP) is 10.6. The Kier molecular flexibility index (Phi) is 12.9. The summed E-state index contributed by atoms with van der Waals surface area (Å²) in [5.41, 5.74) is 7.02. The Morgan fingerprint density at radius 2 is 1.02 bits per heavy atom. The third-order valence-electron chi connectivity index (χ3n) is 9.98. The van der Waals surface area contributed by atoms with Crippen molar-refractivity contribution in [2.45, 2.75) is 118 Å². The van der Waals surface area contributed by atoms with Gasteiger partial charge in [-0.1, -0.05) is 68.0 Å². The van der Waals surface area contributed by atoms with E-state index in [1.54, 1.807) is 0 Å². The van der Waals surface area contributed by atoms with Crippen LogP contribution in [0, 0.1) is 17.8 Å². The highest BCUT2D eigenvalue weighted by molar-refractivity contribution is 6.54. The first-order valence-electron chi connectivity index (χ1n) is 17.3. The van der Waals surface area contributed by atoms with Gasteiger partial charge in [0.15, 0.2) is 0 Å². The largest absolute Gasteiger partial charge is 0.751 e. The van der Waals surface area contributed by atoms with E-state index >= 15 is 0 Å². The molecule has 0 spiro atoms. The molecule has 0 saturated carbocycles. The first-order chi connectivity index (χ1) is 21.9. The van der Waals surface area contributed by atoms with Gasteiger partial charge in [0, 0.05) is 0 Å². The molecule has 46 heavy (non-hydrogen) atoms. The molecule has 0 radical (unpaired) electrons. The molecule has 0 N–H and O–H groups in total. The number of hydrogen-bond donors (Lipinski definition) is 0. The molecule has 3 aliphatic carbocycles. The SMILES string of the molecule is C=C(C)C1CC=C(C)C(O[Si](Oc2ccc(OCCCC)cc2)(OC2CC(C(=C)C)CC=C2C)OC2CC(C(=C)C)CC=C2C)C1. The van der Waals surface area contributed by atoms with Crippen molar-refractivity contribution >= 4 is 9.05 Å². The van der Waals surface area contributed by atoms with Gasteiger partial charge in [-0.05, 0) is 145 Å². The normalized spacial score (nSPS) is 27.8. The van der Waals surface area contributed by atoms with E-state index in [1.807, 2.05) is 24.3 Å². The number of hydrogen-bond acceptors (Lipinski definition) is 5. The van der Waals surface area contributed by atoms with E-state index in [0.29, 0.717) is 30.1 Å². The molecule has 0 aromatic heterocycles. The van der Waals surface area contributed by atoms with Gasteiger partial charge >= 0.3 is 9.05 Å². The van der Waals surface area contributed by atoms with Crippen molar-refractivity contribution in [2.75, 3.05) is 6.61 Å². The monoisotopic (exact) mass is 646 g/mol. The molecule has 0 amide bonds. The van der Waals surface area contributed by atoms with Crippen LogP contribution in [0.3, 0.4) is 0 Å². The lowest BCUT2D eigenvalue weighted by Crippen LogP contribution is -2.59. The van der Waals surface area contributed by atoms with Crippen LogP contribution in [-0.2, 0) is 13.3 Å². The van der Waals surface area contributed by atoms with Crippen molar-refractivity contribution < 1.29 is 22.4 Å². The molecular formula is C40H58O5Si. The summed E-state index contributed by atoms with van der Waals surface area (Å²) in [7, 11) is -3.92. The molecule has 4 rings (SSSR count). The van der Waals surface area contributed by atoms with E-state index in [9.17, 15) is 0 Å². The van der Waals surface area contributed by atoms with E-state index in [1.165, 1.54) is 16.7 Å². The van der Waals surface area contributed by atoms with E-state index < -0.39 is 9.05 Å². The van der Waals surface area contributed by atoms with Crippen molar-refractivity contribution in [1.29, 1.82) is 0 Å². The lowest BCUT2D eigenvalue weighted by molar-refractivity contribution is -0.0582. The molecule has 0 bridgehead atoms. The molecule has 6 unspecified atom stereocenters. The van der Waals surface area contributed by atoms with Crippen LogP contribution in [-0.4, -0.2) is 34.0 Å². The predicted molar refractivity (Wildman–Crippen MR) is 192 cm³/mol. The molecule has 0 heterocycles. The summed E-state index contributed by atoms with van der Waals surface area (Å²) in [6, 6.07) is 7.80. The summed E-state index contributed by atoms with van der Waals surface area (Å²) in [5.74, 6) is 2.44. The average molecular weight is 647 g/mol. The van der Waals surface area contributed by atoms with Gasteiger partial charge in [-0.3, -0.25) is 0 Å². The van der Waals surface area contributed by atoms with Gasteiger partial charge in [0.1, 0.15) is 11.5 Å². The average Bonchev–Trinajstić information content (AvgIpc) is 3.01. The van der Waals surface area contributed by atoms with Crippen molar-refractivity contribution in [3.05, 3.63) is 95.7 Å². The Morgan fingerprint density at radius 3 is 1.37 bits per heavy atom. The maximum atomic E-state index is 7.21. The minimum Gasteiger partial charge on any atom is -0.494 e. The zero-order valence-electron chi connectivity index (χ0n) is 29.5. The summed E-state index contributed by atoms with van der Waals surface area (Å²) >= 11 is 0. The van der Waals surface area contributed by atoms with Crippen molar-refractivity contribution in [3.8, 4) is 11.5 Å². The molecule has 252 valence electrons. The number of allylic oxidation sites excluding steroid dienone is 6. The summed E-state index contributed by atoms with van der Waals surface area (Å²) in [5, 5.41) is 0. The smallest absolute Gasteiger partial charge is 0.494 e. The quantitative estimate of drug-likeness (QED) is 0.108. The molecule has 3 aliphatic rings. The molecule has 6 heteroatoms. The molecular weight excluding hydrogens is 589 g/mol. The lowest BCUT2D eigenvalue weighted by atomic mass is 9.84.